The fraction of sp³-hybridized carbons (Fsp3) is 0.348. The molecule has 0 saturated carbocycles. The van der Waals surface area contributed by atoms with Crippen molar-refractivity contribution < 1.29 is 9.84 Å². The Balaban J connectivity index is 1.38. The average Bonchev–Trinajstić information content (AvgIpc) is 3.38. The summed E-state index contributed by atoms with van der Waals surface area (Å²) in [7, 11) is 1.92. The molecule has 1 N–H and O–H groups in total. The number of hydrogen-bond donors (Lipinski definition) is 1. The van der Waals surface area contributed by atoms with Crippen LogP contribution in [0.3, 0.4) is 0 Å². The van der Waals surface area contributed by atoms with Gasteiger partial charge < -0.3 is 9.84 Å². The Morgan fingerprint density at radius 3 is 2.70 bits per heavy atom. The first-order chi connectivity index (χ1) is 14.7. The number of aryl methyl sites for hydroxylation is 1. The molecule has 7 heteroatoms. The van der Waals surface area contributed by atoms with E-state index in [0.717, 1.165) is 47.3 Å². The molecule has 0 amide bonds. The van der Waals surface area contributed by atoms with Crippen molar-refractivity contribution in [3.8, 4) is 11.4 Å². The van der Waals surface area contributed by atoms with E-state index >= 15 is 0 Å². The minimum absolute atomic E-state index is 0.0348. The van der Waals surface area contributed by atoms with Crippen LogP contribution >= 0.6 is 0 Å². The number of ether oxygens (including phenoxy) is 1. The molecule has 0 bridgehead atoms. The maximum Gasteiger partial charge on any atom is 0.181 e. The van der Waals surface area contributed by atoms with E-state index in [4.69, 9.17) is 9.72 Å². The average molecular weight is 403 g/mol. The monoisotopic (exact) mass is 403 g/mol. The van der Waals surface area contributed by atoms with E-state index in [2.05, 4.69) is 28.4 Å². The fourth-order valence-electron chi connectivity index (χ4n) is 3.99. The molecule has 154 valence electrons. The summed E-state index contributed by atoms with van der Waals surface area (Å²) in [5, 5.41) is 19.5. The summed E-state index contributed by atoms with van der Waals surface area (Å²) in [5.74, 6) is 1.60. The number of benzene rings is 2. The van der Waals surface area contributed by atoms with Crippen molar-refractivity contribution in [1.82, 2.24) is 24.5 Å². The molecule has 1 unspecified atom stereocenters. The summed E-state index contributed by atoms with van der Waals surface area (Å²) in [6, 6.07) is 14.1. The predicted molar refractivity (Wildman–Crippen MR) is 114 cm³/mol. The van der Waals surface area contributed by atoms with Crippen molar-refractivity contribution in [2.45, 2.75) is 38.5 Å². The Morgan fingerprint density at radius 1 is 1.10 bits per heavy atom. The molecule has 7 nitrogen and oxygen atoms in total. The summed E-state index contributed by atoms with van der Waals surface area (Å²) < 4.78 is 9.74. The molecule has 0 spiro atoms. The zero-order valence-electron chi connectivity index (χ0n) is 17.0. The third-order valence-electron chi connectivity index (χ3n) is 5.70. The lowest BCUT2D eigenvalue weighted by atomic mass is 10.1. The van der Waals surface area contributed by atoms with Gasteiger partial charge >= 0.3 is 0 Å². The van der Waals surface area contributed by atoms with Crippen molar-refractivity contribution in [3.63, 3.8) is 0 Å². The van der Waals surface area contributed by atoms with E-state index in [9.17, 15) is 5.11 Å². The van der Waals surface area contributed by atoms with Crippen LogP contribution in [0, 0.1) is 0 Å². The van der Waals surface area contributed by atoms with E-state index in [1.165, 1.54) is 12.0 Å². The number of fused-ring (bicyclic) bond motifs is 1. The first-order valence-electron chi connectivity index (χ1n) is 10.4. The van der Waals surface area contributed by atoms with E-state index in [1.807, 2.05) is 46.9 Å². The molecule has 0 aliphatic carbocycles. The maximum atomic E-state index is 9.21. The van der Waals surface area contributed by atoms with Crippen LogP contribution in [0.2, 0.25) is 0 Å². The van der Waals surface area contributed by atoms with Crippen molar-refractivity contribution >= 4 is 10.9 Å². The molecule has 2 aromatic carbocycles. The lowest BCUT2D eigenvalue weighted by Crippen LogP contribution is -2.18. The predicted octanol–water partition coefficient (Wildman–Crippen LogP) is 3.61. The zero-order chi connectivity index (χ0) is 20.5. The SMILES string of the molecule is Cn1nc(-c2ccc(CO)cc2)nc1Cc1ccc2c(cnn2C2CCCCO2)c1. The fourth-order valence-corrected chi connectivity index (χ4v) is 3.99. The van der Waals surface area contributed by atoms with E-state index in [-0.39, 0.29) is 12.8 Å². The van der Waals surface area contributed by atoms with Crippen LogP contribution in [-0.4, -0.2) is 36.3 Å². The van der Waals surface area contributed by atoms with Crippen molar-refractivity contribution in [1.29, 1.82) is 0 Å². The summed E-state index contributed by atoms with van der Waals surface area (Å²) in [6.07, 6.45) is 5.98. The van der Waals surface area contributed by atoms with Gasteiger partial charge in [-0.25, -0.2) is 9.67 Å². The maximum absolute atomic E-state index is 9.21. The van der Waals surface area contributed by atoms with E-state index in [1.54, 1.807) is 0 Å². The van der Waals surface area contributed by atoms with Crippen LogP contribution in [0.5, 0.6) is 0 Å². The van der Waals surface area contributed by atoms with Gasteiger partial charge in [-0.3, -0.25) is 4.68 Å². The van der Waals surface area contributed by atoms with Crippen LogP contribution < -0.4 is 0 Å². The standard InChI is InChI=1S/C23H25N5O2/c1-27-21(25-23(26-27)18-8-5-16(15-29)6-9-18)13-17-7-10-20-19(12-17)14-24-28(20)22-4-2-3-11-30-22/h5-10,12,14,22,29H,2-4,11,13,15H2,1H3. The van der Waals surface area contributed by atoms with Gasteiger partial charge in [-0.15, -0.1) is 0 Å². The Morgan fingerprint density at radius 2 is 1.93 bits per heavy atom. The molecule has 5 rings (SSSR count). The molecule has 30 heavy (non-hydrogen) atoms. The summed E-state index contributed by atoms with van der Waals surface area (Å²) in [4.78, 5) is 4.74. The molecule has 1 aliphatic heterocycles. The van der Waals surface area contributed by atoms with Crippen LogP contribution in [0.15, 0.2) is 48.7 Å². The third kappa shape index (κ3) is 3.62. The second kappa shape index (κ2) is 8.01. The lowest BCUT2D eigenvalue weighted by Gasteiger charge is -2.23. The second-order valence-electron chi connectivity index (χ2n) is 7.81. The number of nitrogens with zero attached hydrogens (tertiary/aromatic N) is 5. The number of aromatic nitrogens is 5. The highest BCUT2D eigenvalue weighted by molar-refractivity contribution is 5.79. The number of hydrogen-bond acceptors (Lipinski definition) is 5. The summed E-state index contributed by atoms with van der Waals surface area (Å²) in [6.45, 7) is 0.842. The Kier molecular flexibility index (Phi) is 5.06. The van der Waals surface area contributed by atoms with Crippen LogP contribution in [0.4, 0.5) is 0 Å². The zero-order valence-corrected chi connectivity index (χ0v) is 17.0. The molecule has 1 fully saturated rings. The normalized spacial score (nSPS) is 16.9. The first-order valence-corrected chi connectivity index (χ1v) is 10.4. The second-order valence-corrected chi connectivity index (χ2v) is 7.81. The third-order valence-corrected chi connectivity index (χ3v) is 5.70. The molecular weight excluding hydrogens is 378 g/mol. The van der Waals surface area contributed by atoms with Gasteiger partial charge in [-0.2, -0.15) is 10.2 Å². The van der Waals surface area contributed by atoms with Crippen molar-refractivity contribution in [2.75, 3.05) is 6.61 Å². The minimum atomic E-state index is 0.0348. The highest BCUT2D eigenvalue weighted by atomic mass is 16.5. The molecule has 1 saturated heterocycles. The van der Waals surface area contributed by atoms with E-state index in [0.29, 0.717) is 12.2 Å². The highest BCUT2D eigenvalue weighted by Crippen LogP contribution is 2.27. The smallest absolute Gasteiger partial charge is 0.181 e. The number of rotatable bonds is 5. The Hall–Kier alpha value is -3.03. The van der Waals surface area contributed by atoms with E-state index < -0.39 is 0 Å². The summed E-state index contributed by atoms with van der Waals surface area (Å²) >= 11 is 0. The molecule has 0 radical (unpaired) electrons. The molecule has 1 aliphatic rings. The topological polar surface area (TPSA) is 78.0 Å². The minimum Gasteiger partial charge on any atom is -0.392 e. The van der Waals surface area contributed by atoms with Crippen molar-refractivity contribution in [3.05, 3.63) is 65.6 Å². The van der Waals surface area contributed by atoms with Crippen LogP contribution in [-0.2, 0) is 24.8 Å². The van der Waals surface area contributed by atoms with Crippen LogP contribution in [0.1, 0.15) is 42.4 Å². The number of aliphatic hydroxyl groups is 1. The molecule has 2 aromatic heterocycles. The van der Waals surface area contributed by atoms with Gasteiger partial charge in [0.1, 0.15) is 5.82 Å². The van der Waals surface area contributed by atoms with Crippen LogP contribution in [0.25, 0.3) is 22.3 Å². The van der Waals surface area contributed by atoms with Gasteiger partial charge in [0.2, 0.25) is 0 Å². The first kappa shape index (κ1) is 19.0. The quantitative estimate of drug-likeness (QED) is 0.551. The summed E-state index contributed by atoms with van der Waals surface area (Å²) in [5.41, 5.74) is 4.10. The largest absolute Gasteiger partial charge is 0.392 e. The molecule has 3 heterocycles. The molecule has 1 atom stereocenters. The number of aliphatic hydroxyl groups excluding tert-OH is 1. The van der Waals surface area contributed by atoms with Gasteiger partial charge in [-0.05, 0) is 42.5 Å². The Labute approximate surface area is 174 Å². The highest BCUT2D eigenvalue weighted by Gasteiger charge is 2.18. The Bertz CT molecular complexity index is 1160. The molecular formula is C23H25N5O2. The van der Waals surface area contributed by atoms with Gasteiger partial charge in [0.05, 0.1) is 18.3 Å². The van der Waals surface area contributed by atoms with Gasteiger partial charge in [0, 0.05) is 31.0 Å². The van der Waals surface area contributed by atoms with Crippen molar-refractivity contribution in [2.24, 2.45) is 7.05 Å². The van der Waals surface area contributed by atoms with Gasteiger partial charge in [0.15, 0.2) is 12.1 Å². The lowest BCUT2D eigenvalue weighted by molar-refractivity contribution is -0.0366. The van der Waals surface area contributed by atoms with Gasteiger partial charge in [0.25, 0.3) is 0 Å². The molecule has 4 aromatic rings. The van der Waals surface area contributed by atoms with Gasteiger partial charge in [-0.1, -0.05) is 30.3 Å².